The number of amides is 1. The molecule has 3 aliphatic rings. The molecule has 4 rings (SSSR count). The minimum Gasteiger partial charge on any atom is -0.393 e. The lowest BCUT2D eigenvalue weighted by atomic mass is 9.78. The van der Waals surface area contributed by atoms with E-state index in [9.17, 15) is 9.90 Å². The molecule has 2 fully saturated rings. The van der Waals surface area contributed by atoms with E-state index in [4.69, 9.17) is 4.74 Å². The normalized spacial score (nSPS) is 35.2. The fraction of sp³-hybridized carbons (Fsp3) is 0.762. The first-order chi connectivity index (χ1) is 12.7. The molecule has 2 saturated carbocycles. The van der Waals surface area contributed by atoms with Crippen LogP contribution in [0.2, 0.25) is 0 Å². The van der Waals surface area contributed by atoms with Gasteiger partial charge in [0.05, 0.1) is 18.2 Å². The summed E-state index contributed by atoms with van der Waals surface area (Å²) in [7, 11) is 1.82. The van der Waals surface area contributed by atoms with E-state index in [2.05, 4.69) is 16.3 Å². The molecule has 1 aromatic heterocycles. The molecule has 2 heterocycles. The summed E-state index contributed by atoms with van der Waals surface area (Å²) in [4.78, 5) is 17.0. The number of methoxy groups -OCH3 is 1. The van der Waals surface area contributed by atoms with Crippen LogP contribution in [0.15, 0.2) is 11.4 Å². The molecule has 1 aromatic rings. The zero-order valence-electron chi connectivity index (χ0n) is 15.7. The fourth-order valence-electron chi connectivity index (χ4n) is 5.25. The Bertz CT molecular complexity index is 615. The summed E-state index contributed by atoms with van der Waals surface area (Å²) < 4.78 is 5.56. The van der Waals surface area contributed by atoms with Crippen molar-refractivity contribution < 1.29 is 14.6 Å². The molecular weight excluding hydrogens is 346 g/mol. The molecule has 144 valence electrons. The second-order valence-corrected chi connectivity index (χ2v) is 9.26. The van der Waals surface area contributed by atoms with Gasteiger partial charge >= 0.3 is 0 Å². The van der Waals surface area contributed by atoms with Crippen LogP contribution in [0.4, 0.5) is 0 Å². The van der Waals surface area contributed by atoms with Gasteiger partial charge in [-0.05, 0) is 80.7 Å². The van der Waals surface area contributed by atoms with E-state index >= 15 is 0 Å². The summed E-state index contributed by atoms with van der Waals surface area (Å²) >= 11 is 1.84. The van der Waals surface area contributed by atoms with Gasteiger partial charge in [-0.25, -0.2) is 0 Å². The number of carbonyl (C=O) groups excluding carboxylic acids is 1. The van der Waals surface area contributed by atoms with Crippen molar-refractivity contribution >= 4 is 17.2 Å². The topological polar surface area (TPSA) is 49.8 Å². The number of fused-ring (bicyclic) bond motifs is 1. The number of thiophene rings is 1. The highest BCUT2D eigenvalue weighted by atomic mass is 32.1. The highest BCUT2D eigenvalue weighted by molar-refractivity contribution is 7.10. The fourth-order valence-corrected chi connectivity index (χ4v) is 6.41. The lowest BCUT2D eigenvalue weighted by Gasteiger charge is -2.44. The highest BCUT2D eigenvalue weighted by Gasteiger charge is 2.41. The number of rotatable bonds is 3. The molecule has 1 unspecified atom stereocenters. The molecule has 1 aliphatic heterocycles. The van der Waals surface area contributed by atoms with Crippen LogP contribution in [-0.4, -0.2) is 41.8 Å². The van der Waals surface area contributed by atoms with E-state index in [1.807, 2.05) is 18.4 Å². The van der Waals surface area contributed by atoms with Crippen LogP contribution >= 0.6 is 11.3 Å². The Morgan fingerprint density at radius 2 is 1.88 bits per heavy atom. The number of carbonyl (C=O) groups is 1. The third kappa shape index (κ3) is 3.58. The first-order valence-corrected chi connectivity index (χ1v) is 11.1. The molecule has 26 heavy (non-hydrogen) atoms. The quantitative estimate of drug-likeness (QED) is 0.868. The van der Waals surface area contributed by atoms with Gasteiger partial charge in [0.15, 0.2) is 0 Å². The molecule has 0 bridgehead atoms. The molecule has 0 aromatic carbocycles. The molecule has 1 atom stereocenters. The van der Waals surface area contributed by atoms with Gasteiger partial charge in [-0.1, -0.05) is 0 Å². The van der Waals surface area contributed by atoms with Gasteiger partial charge in [-0.3, -0.25) is 4.79 Å². The predicted molar refractivity (Wildman–Crippen MR) is 103 cm³/mol. The SMILES string of the molecule is COC1CCC(C2c3sccc3CCN2C(=O)C2CCC(O)CC2)CC1. The number of aliphatic hydroxyl groups excluding tert-OH is 1. The molecule has 5 heteroatoms. The molecule has 4 nitrogen and oxygen atoms in total. The summed E-state index contributed by atoms with van der Waals surface area (Å²) in [6.45, 7) is 0.858. The third-order valence-electron chi connectivity index (χ3n) is 6.83. The Morgan fingerprint density at radius 3 is 2.58 bits per heavy atom. The molecule has 0 radical (unpaired) electrons. The molecule has 1 N–H and O–H groups in total. The van der Waals surface area contributed by atoms with Crippen molar-refractivity contribution in [1.29, 1.82) is 0 Å². The van der Waals surface area contributed by atoms with Crippen molar-refractivity contribution in [2.75, 3.05) is 13.7 Å². The lowest BCUT2D eigenvalue weighted by molar-refractivity contribution is -0.142. The maximum atomic E-state index is 13.4. The van der Waals surface area contributed by atoms with Crippen LogP contribution in [0.5, 0.6) is 0 Å². The summed E-state index contributed by atoms with van der Waals surface area (Å²) in [5, 5.41) is 12.0. The van der Waals surface area contributed by atoms with Crippen LogP contribution in [-0.2, 0) is 16.0 Å². The summed E-state index contributed by atoms with van der Waals surface area (Å²) in [6.07, 6.45) is 8.92. The van der Waals surface area contributed by atoms with Crippen molar-refractivity contribution in [3.8, 4) is 0 Å². The number of hydrogen-bond acceptors (Lipinski definition) is 4. The zero-order chi connectivity index (χ0) is 18.1. The van der Waals surface area contributed by atoms with Crippen molar-refractivity contribution in [3.05, 3.63) is 21.9 Å². The largest absolute Gasteiger partial charge is 0.393 e. The molecule has 0 saturated heterocycles. The number of aliphatic hydroxyl groups is 1. The Morgan fingerprint density at radius 1 is 1.15 bits per heavy atom. The van der Waals surface area contributed by atoms with Gasteiger partial charge in [-0.2, -0.15) is 0 Å². The molecule has 0 spiro atoms. The summed E-state index contributed by atoms with van der Waals surface area (Å²) in [5.74, 6) is 1.00. The lowest BCUT2D eigenvalue weighted by Crippen LogP contribution is -2.46. The van der Waals surface area contributed by atoms with Gasteiger partial charge < -0.3 is 14.7 Å². The average Bonchev–Trinajstić information content (AvgIpc) is 3.16. The smallest absolute Gasteiger partial charge is 0.226 e. The van der Waals surface area contributed by atoms with E-state index in [1.54, 1.807) is 0 Å². The van der Waals surface area contributed by atoms with Crippen LogP contribution < -0.4 is 0 Å². The third-order valence-corrected chi connectivity index (χ3v) is 7.86. The second-order valence-electron chi connectivity index (χ2n) is 8.31. The maximum absolute atomic E-state index is 13.4. The van der Waals surface area contributed by atoms with Crippen molar-refractivity contribution in [2.45, 2.75) is 76.0 Å². The first-order valence-electron chi connectivity index (χ1n) is 10.2. The Hall–Kier alpha value is -0.910. The van der Waals surface area contributed by atoms with Crippen molar-refractivity contribution in [3.63, 3.8) is 0 Å². The predicted octanol–water partition coefficient (Wildman–Crippen LogP) is 3.93. The monoisotopic (exact) mass is 377 g/mol. The highest BCUT2D eigenvalue weighted by Crippen LogP contribution is 2.45. The summed E-state index contributed by atoms with van der Waals surface area (Å²) in [5.41, 5.74) is 1.46. The minimum atomic E-state index is -0.204. The van der Waals surface area contributed by atoms with Gasteiger partial charge in [0.25, 0.3) is 0 Å². The van der Waals surface area contributed by atoms with Crippen LogP contribution in [0.25, 0.3) is 0 Å². The van der Waals surface area contributed by atoms with E-state index < -0.39 is 0 Å². The van der Waals surface area contributed by atoms with Crippen LogP contribution in [0, 0.1) is 11.8 Å². The summed E-state index contributed by atoms with van der Waals surface area (Å²) in [6, 6.07) is 2.52. The Labute approximate surface area is 160 Å². The van der Waals surface area contributed by atoms with Gasteiger partial charge in [0.1, 0.15) is 0 Å². The number of nitrogens with zero attached hydrogens (tertiary/aromatic N) is 1. The van der Waals surface area contributed by atoms with Crippen molar-refractivity contribution in [1.82, 2.24) is 4.90 Å². The molecular formula is C21H31NO3S. The van der Waals surface area contributed by atoms with E-state index in [0.717, 1.165) is 64.3 Å². The average molecular weight is 378 g/mol. The van der Waals surface area contributed by atoms with Crippen molar-refractivity contribution in [2.24, 2.45) is 11.8 Å². The van der Waals surface area contributed by atoms with E-state index in [1.165, 1.54) is 10.4 Å². The van der Waals surface area contributed by atoms with Gasteiger partial charge in [0.2, 0.25) is 5.91 Å². The van der Waals surface area contributed by atoms with E-state index in [0.29, 0.717) is 17.9 Å². The molecule has 1 amide bonds. The maximum Gasteiger partial charge on any atom is 0.226 e. The standard InChI is InChI=1S/C21H31NO3S/c1-25-18-8-4-14(5-9-18)19-20-15(11-13-26-20)10-12-22(19)21(24)16-2-6-17(23)7-3-16/h11,13-14,16-19,23H,2-10,12H2,1H3. The number of ether oxygens (including phenoxy) is 1. The molecule has 2 aliphatic carbocycles. The van der Waals surface area contributed by atoms with Gasteiger partial charge in [0, 0.05) is 24.4 Å². The van der Waals surface area contributed by atoms with Crippen LogP contribution in [0.1, 0.15) is 67.8 Å². The first kappa shape index (κ1) is 18.5. The Kier molecular flexibility index (Phi) is 5.67. The van der Waals surface area contributed by atoms with Gasteiger partial charge in [-0.15, -0.1) is 11.3 Å². The minimum absolute atomic E-state index is 0.109. The second kappa shape index (κ2) is 7.99. The zero-order valence-corrected chi connectivity index (χ0v) is 16.5. The number of hydrogen-bond donors (Lipinski definition) is 1. The van der Waals surface area contributed by atoms with E-state index in [-0.39, 0.29) is 18.1 Å². The van der Waals surface area contributed by atoms with Crippen LogP contribution in [0.3, 0.4) is 0 Å². The Balaban J connectivity index is 1.54.